The van der Waals surface area contributed by atoms with Crippen LogP contribution in [0.1, 0.15) is 23.7 Å². The van der Waals surface area contributed by atoms with Gasteiger partial charge in [0.25, 0.3) is 0 Å². The number of aryl methyl sites for hydroxylation is 1. The molecule has 1 aliphatic heterocycles. The summed E-state index contributed by atoms with van der Waals surface area (Å²) in [5.74, 6) is -1.70. The van der Waals surface area contributed by atoms with Crippen LogP contribution < -0.4 is 9.47 Å². The van der Waals surface area contributed by atoms with E-state index in [2.05, 4.69) is 0 Å². The molecule has 0 saturated heterocycles. The zero-order valence-corrected chi connectivity index (χ0v) is 13.5. The third kappa shape index (κ3) is 2.69. The van der Waals surface area contributed by atoms with Gasteiger partial charge in [0.2, 0.25) is 0 Å². The van der Waals surface area contributed by atoms with Gasteiger partial charge in [0.1, 0.15) is 23.4 Å². The number of ether oxygens (including phenoxy) is 2. The first-order chi connectivity index (χ1) is 12.1. The average molecular weight is 344 g/mol. The maximum absolute atomic E-state index is 14.0. The third-order valence-corrected chi connectivity index (χ3v) is 4.61. The molecule has 0 aromatic heterocycles. The van der Waals surface area contributed by atoms with E-state index in [0.717, 1.165) is 28.2 Å². The van der Waals surface area contributed by atoms with Crippen LogP contribution in [0.25, 0.3) is 10.8 Å². The van der Waals surface area contributed by atoms with Crippen molar-refractivity contribution < 1.29 is 22.6 Å². The van der Waals surface area contributed by atoms with Gasteiger partial charge in [-0.3, -0.25) is 0 Å². The van der Waals surface area contributed by atoms with Gasteiger partial charge in [-0.2, -0.15) is 0 Å². The van der Waals surface area contributed by atoms with Crippen molar-refractivity contribution in [2.24, 2.45) is 0 Å². The van der Waals surface area contributed by atoms with Crippen molar-refractivity contribution in [3.05, 3.63) is 71.0 Å². The Labute approximate surface area is 142 Å². The van der Waals surface area contributed by atoms with Crippen molar-refractivity contribution in [1.82, 2.24) is 0 Å². The van der Waals surface area contributed by atoms with E-state index in [1.165, 1.54) is 0 Å². The number of methoxy groups -OCH3 is 1. The molecule has 0 saturated carbocycles. The van der Waals surface area contributed by atoms with Gasteiger partial charge in [-0.15, -0.1) is 0 Å². The standard InChI is InChI=1S/C20H15F3O2/c1-24-12-4-2-11-3-6-19-13(14(11)8-12)5-7-20(25-19)15-9-17(22)18(23)10-16(15)21/h2-4,6,8-10,20H,5,7H2,1H3. The third-order valence-electron chi connectivity index (χ3n) is 4.61. The molecule has 0 radical (unpaired) electrons. The first-order valence-corrected chi connectivity index (χ1v) is 7.97. The molecule has 1 unspecified atom stereocenters. The summed E-state index contributed by atoms with van der Waals surface area (Å²) in [5.41, 5.74) is 1.05. The van der Waals surface area contributed by atoms with Gasteiger partial charge in [0.05, 0.1) is 7.11 Å². The van der Waals surface area contributed by atoms with Crippen LogP contribution in [-0.4, -0.2) is 7.11 Å². The highest BCUT2D eigenvalue weighted by molar-refractivity contribution is 5.89. The number of rotatable bonds is 2. The molecule has 0 N–H and O–H groups in total. The highest BCUT2D eigenvalue weighted by Crippen LogP contribution is 2.40. The van der Waals surface area contributed by atoms with Gasteiger partial charge in [-0.1, -0.05) is 12.1 Å². The lowest BCUT2D eigenvalue weighted by molar-refractivity contribution is 0.172. The van der Waals surface area contributed by atoms with Crippen LogP contribution in [0.4, 0.5) is 13.2 Å². The molecule has 0 amide bonds. The van der Waals surface area contributed by atoms with Gasteiger partial charge < -0.3 is 9.47 Å². The van der Waals surface area contributed by atoms with Gasteiger partial charge >= 0.3 is 0 Å². The molecule has 2 nitrogen and oxygen atoms in total. The van der Waals surface area contributed by atoms with Crippen LogP contribution >= 0.6 is 0 Å². The Morgan fingerprint density at radius 1 is 0.960 bits per heavy atom. The summed E-state index contributed by atoms with van der Waals surface area (Å²) in [5, 5.41) is 2.07. The SMILES string of the molecule is COc1ccc2ccc3c(c2c1)CCC(c1cc(F)c(F)cc1F)O3. The summed E-state index contributed by atoms with van der Waals surface area (Å²) in [6.07, 6.45) is 0.472. The summed E-state index contributed by atoms with van der Waals surface area (Å²) < 4.78 is 51.9. The van der Waals surface area contributed by atoms with Crippen LogP contribution in [0, 0.1) is 17.5 Å². The molecule has 128 valence electrons. The summed E-state index contributed by atoms with van der Waals surface area (Å²) in [6, 6.07) is 11.0. The maximum Gasteiger partial charge on any atom is 0.161 e. The lowest BCUT2D eigenvalue weighted by atomic mass is 9.93. The Bertz CT molecular complexity index is 969. The molecule has 3 aromatic rings. The van der Waals surface area contributed by atoms with Crippen LogP contribution in [-0.2, 0) is 6.42 Å². The zero-order chi connectivity index (χ0) is 17.6. The zero-order valence-electron chi connectivity index (χ0n) is 13.5. The van der Waals surface area contributed by atoms with E-state index in [4.69, 9.17) is 9.47 Å². The average Bonchev–Trinajstić information content (AvgIpc) is 2.63. The summed E-state index contributed by atoms with van der Waals surface area (Å²) >= 11 is 0. The second-order valence-electron chi connectivity index (χ2n) is 6.06. The second kappa shape index (κ2) is 5.99. The Morgan fingerprint density at radius 3 is 2.52 bits per heavy atom. The van der Waals surface area contributed by atoms with Crippen molar-refractivity contribution in [3.8, 4) is 11.5 Å². The van der Waals surface area contributed by atoms with E-state index < -0.39 is 23.6 Å². The molecule has 25 heavy (non-hydrogen) atoms. The number of hydrogen-bond acceptors (Lipinski definition) is 2. The number of fused-ring (bicyclic) bond motifs is 3. The minimum atomic E-state index is -1.20. The second-order valence-corrected chi connectivity index (χ2v) is 6.06. The van der Waals surface area contributed by atoms with Gasteiger partial charge in [0.15, 0.2) is 11.6 Å². The molecule has 1 heterocycles. The van der Waals surface area contributed by atoms with E-state index in [1.54, 1.807) is 7.11 Å². The Balaban J connectivity index is 1.75. The molecular weight excluding hydrogens is 329 g/mol. The van der Waals surface area contributed by atoms with Crippen molar-refractivity contribution in [2.45, 2.75) is 18.9 Å². The monoisotopic (exact) mass is 344 g/mol. The Kier molecular flexibility index (Phi) is 3.79. The lowest BCUT2D eigenvalue weighted by Crippen LogP contribution is -2.17. The number of halogens is 3. The van der Waals surface area contributed by atoms with Crippen molar-refractivity contribution in [2.75, 3.05) is 7.11 Å². The molecule has 4 rings (SSSR count). The summed E-state index contributed by atoms with van der Waals surface area (Å²) in [6.45, 7) is 0. The number of benzene rings is 3. The van der Waals surface area contributed by atoms with Crippen molar-refractivity contribution in [1.29, 1.82) is 0 Å². The van der Waals surface area contributed by atoms with E-state index >= 15 is 0 Å². The highest BCUT2D eigenvalue weighted by Gasteiger charge is 2.26. The largest absolute Gasteiger partial charge is 0.497 e. The highest BCUT2D eigenvalue weighted by atomic mass is 19.2. The van der Waals surface area contributed by atoms with Gasteiger partial charge in [-0.05, 0) is 47.9 Å². The molecule has 0 bridgehead atoms. The topological polar surface area (TPSA) is 18.5 Å². The molecule has 1 aliphatic rings. The van der Waals surface area contributed by atoms with E-state index in [9.17, 15) is 13.2 Å². The van der Waals surface area contributed by atoms with Gasteiger partial charge in [-0.25, -0.2) is 13.2 Å². The van der Waals surface area contributed by atoms with Gasteiger partial charge in [0, 0.05) is 17.2 Å². The molecule has 1 atom stereocenters. The lowest BCUT2D eigenvalue weighted by Gasteiger charge is -2.28. The molecular formula is C20H15F3O2. The number of hydrogen-bond donors (Lipinski definition) is 0. The smallest absolute Gasteiger partial charge is 0.161 e. The normalized spacial score (nSPS) is 16.4. The molecule has 0 aliphatic carbocycles. The quantitative estimate of drug-likeness (QED) is 0.585. The fourth-order valence-electron chi connectivity index (χ4n) is 3.33. The van der Waals surface area contributed by atoms with Crippen LogP contribution in [0.5, 0.6) is 11.5 Å². The van der Waals surface area contributed by atoms with Crippen molar-refractivity contribution >= 4 is 10.8 Å². The van der Waals surface area contributed by atoms with E-state index in [0.29, 0.717) is 24.7 Å². The predicted molar refractivity (Wildman–Crippen MR) is 88.5 cm³/mol. The fraction of sp³-hybridized carbons (Fsp3) is 0.200. The minimum absolute atomic E-state index is 0.0373. The fourth-order valence-corrected chi connectivity index (χ4v) is 3.33. The van der Waals surface area contributed by atoms with Crippen molar-refractivity contribution in [3.63, 3.8) is 0 Å². The Morgan fingerprint density at radius 2 is 1.72 bits per heavy atom. The minimum Gasteiger partial charge on any atom is -0.497 e. The Hall–Kier alpha value is -2.69. The molecule has 5 heteroatoms. The molecule has 0 fully saturated rings. The maximum atomic E-state index is 14.0. The molecule has 0 spiro atoms. The predicted octanol–water partition coefficient (Wildman–Crippen LogP) is 5.33. The summed E-state index contributed by atoms with van der Waals surface area (Å²) in [7, 11) is 1.61. The van der Waals surface area contributed by atoms with E-state index in [-0.39, 0.29) is 5.56 Å². The first-order valence-electron chi connectivity index (χ1n) is 7.97. The molecule has 3 aromatic carbocycles. The van der Waals surface area contributed by atoms with E-state index in [1.807, 2.05) is 30.3 Å². The van der Waals surface area contributed by atoms with Crippen LogP contribution in [0.15, 0.2) is 42.5 Å². The van der Waals surface area contributed by atoms with Crippen LogP contribution in [0.3, 0.4) is 0 Å². The summed E-state index contributed by atoms with van der Waals surface area (Å²) in [4.78, 5) is 0. The first kappa shape index (κ1) is 15.8. The van der Waals surface area contributed by atoms with Crippen LogP contribution in [0.2, 0.25) is 0 Å².